The maximum absolute atomic E-state index is 12.4. The molecule has 0 aliphatic carbocycles. The maximum Gasteiger partial charge on any atom is 0.277 e. The van der Waals surface area contributed by atoms with Crippen LogP contribution in [0, 0.1) is 0 Å². The number of aromatic nitrogens is 2. The Bertz CT molecular complexity index is 787. The van der Waals surface area contributed by atoms with Crippen molar-refractivity contribution in [2.24, 2.45) is 0 Å². The second kappa shape index (κ2) is 6.36. The van der Waals surface area contributed by atoms with Crippen LogP contribution >= 0.6 is 11.5 Å². The van der Waals surface area contributed by atoms with Crippen LogP contribution in [0.5, 0.6) is 5.75 Å². The Hall–Kier alpha value is -2.73. The van der Waals surface area contributed by atoms with Crippen LogP contribution in [-0.2, 0) is 0 Å². The summed E-state index contributed by atoms with van der Waals surface area (Å²) in [6.07, 6.45) is 0. The van der Waals surface area contributed by atoms with E-state index in [-0.39, 0.29) is 5.91 Å². The second-order valence-electron chi connectivity index (χ2n) is 4.50. The minimum Gasteiger partial charge on any atom is -0.497 e. The number of hydrogen-bond acceptors (Lipinski definition) is 5. The van der Waals surface area contributed by atoms with Crippen molar-refractivity contribution in [3.05, 3.63) is 60.3 Å². The first-order valence-corrected chi connectivity index (χ1v) is 7.38. The van der Waals surface area contributed by atoms with Crippen molar-refractivity contribution in [2.45, 2.75) is 0 Å². The summed E-state index contributed by atoms with van der Waals surface area (Å²) >= 11 is 1.20. The average Bonchev–Trinajstić information content (AvgIpc) is 3.05. The number of ether oxygens (including phenoxy) is 1. The predicted octanol–water partition coefficient (Wildman–Crippen LogP) is 3.47. The van der Waals surface area contributed by atoms with Crippen molar-refractivity contribution in [1.29, 1.82) is 0 Å². The molecule has 6 heteroatoms. The highest BCUT2D eigenvalue weighted by molar-refractivity contribution is 7.09. The highest BCUT2D eigenvalue weighted by Gasteiger charge is 2.18. The van der Waals surface area contributed by atoms with Crippen LogP contribution in [0.3, 0.4) is 0 Å². The number of rotatable bonds is 4. The van der Waals surface area contributed by atoms with Crippen LogP contribution in [-0.4, -0.2) is 22.6 Å². The molecular formula is C16H13N3O2S. The Balaban J connectivity index is 1.86. The Labute approximate surface area is 131 Å². The third-order valence-electron chi connectivity index (χ3n) is 3.07. The van der Waals surface area contributed by atoms with E-state index in [9.17, 15) is 4.79 Å². The number of amides is 1. The molecule has 2 aromatic carbocycles. The molecule has 1 heterocycles. The van der Waals surface area contributed by atoms with E-state index in [2.05, 4.69) is 14.9 Å². The summed E-state index contributed by atoms with van der Waals surface area (Å²) in [6.45, 7) is 0. The number of carbonyl (C=O) groups excluding carboxylic acids is 1. The Kier molecular flexibility index (Phi) is 4.11. The monoisotopic (exact) mass is 311 g/mol. The molecule has 5 nitrogen and oxygen atoms in total. The van der Waals surface area contributed by atoms with E-state index in [1.807, 2.05) is 42.5 Å². The average molecular weight is 311 g/mol. The van der Waals surface area contributed by atoms with Crippen molar-refractivity contribution < 1.29 is 9.53 Å². The number of nitrogens with one attached hydrogen (secondary N) is 1. The van der Waals surface area contributed by atoms with Gasteiger partial charge in [-0.3, -0.25) is 4.79 Å². The molecular weight excluding hydrogens is 298 g/mol. The van der Waals surface area contributed by atoms with Crippen molar-refractivity contribution in [3.63, 3.8) is 0 Å². The molecule has 0 saturated heterocycles. The molecule has 1 amide bonds. The van der Waals surface area contributed by atoms with Gasteiger partial charge in [0, 0.05) is 11.8 Å². The summed E-state index contributed by atoms with van der Waals surface area (Å²) in [5.74, 6) is 0.387. The highest BCUT2D eigenvalue weighted by atomic mass is 32.1. The third kappa shape index (κ3) is 2.96. The van der Waals surface area contributed by atoms with Gasteiger partial charge in [0.15, 0.2) is 5.69 Å². The fourth-order valence-electron chi connectivity index (χ4n) is 2.01. The quantitative estimate of drug-likeness (QED) is 0.801. The van der Waals surface area contributed by atoms with Gasteiger partial charge in [-0.1, -0.05) is 40.9 Å². The zero-order valence-corrected chi connectivity index (χ0v) is 12.6. The lowest BCUT2D eigenvalue weighted by Crippen LogP contribution is -2.13. The van der Waals surface area contributed by atoms with Gasteiger partial charge in [0.05, 0.1) is 12.0 Å². The van der Waals surface area contributed by atoms with Gasteiger partial charge in [0.2, 0.25) is 0 Å². The topological polar surface area (TPSA) is 64.1 Å². The largest absolute Gasteiger partial charge is 0.497 e. The molecule has 3 rings (SSSR count). The summed E-state index contributed by atoms with van der Waals surface area (Å²) in [5.41, 5.74) is 1.89. The molecule has 22 heavy (non-hydrogen) atoms. The Morgan fingerprint density at radius 2 is 1.95 bits per heavy atom. The summed E-state index contributed by atoms with van der Waals surface area (Å²) in [5, 5.41) is 6.77. The van der Waals surface area contributed by atoms with Crippen LogP contribution in [0.1, 0.15) is 10.5 Å². The summed E-state index contributed by atoms with van der Waals surface area (Å²) in [7, 11) is 1.58. The van der Waals surface area contributed by atoms with Gasteiger partial charge in [-0.15, -0.1) is 5.10 Å². The lowest BCUT2D eigenvalue weighted by Gasteiger charge is -2.06. The standard InChI is InChI=1S/C16H13N3O2S/c1-21-13-9-5-8-12(10-13)17-16(20)14-15(22-19-18-14)11-6-3-2-4-7-11/h2-10H,1H3,(H,17,20). The fraction of sp³-hybridized carbons (Fsp3) is 0.0625. The molecule has 1 N–H and O–H groups in total. The molecule has 0 spiro atoms. The van der Waals surface area contributed by atoms with E-state index in [1.54, 1.807) is 19.2 Å². The highest BCUT2D eigenvalue weighted by Crippen LogP contribution is 2.26. The number of benzene rings is 2. The van der Waals surface area contributed by atoms with Gasteiger partial charge in [0.25, 0.3) is 5.91 Å². The van der Waals surface area contributed by atoms with E-state index in [1.165, 1.54) is 11.5 Å². The van der Waals surface area contributed by atoms with Gasteiger partial charge in [-0.05, 0) is 29.2 Å². The molecule has 0 bridgehead atoms. The number of methoxy groups -OCH3 is 1. The lowest BCUT2D eigenvalue weighted by atomic mass is 10.1. The summed E-state index contributed by atoms with van der Waals surface area (Å²) < 4.78 is 9.04. The third-order valence-corrected chi connectivity index (χ3v) is 3.84. The van der Waals surface area contributed by atoms with Crippen molar-refractivity contribution in [1.82, 2.24) is 9.59 Å². The first-order chi connectivity index (χ1) is 10.8. The molecule has 0 radical (unpaired) electrons. The molecule has 0 aliphatic heterocycles. The van der Waals surface area contributed by atoms with Gasteiger partial charge < -0.3 is 10.1 Å². The van der Waals surface area contributed by atoms with Gasteiger partial charge in [0.1, 0.15) is 5.75 Å². The van der Waals surface area contributed by atoms with E-state index in [0.29, 0.717) is 17.1 Å². The molecule has 1 aromatic heterocycles. The van der Waals surface area contributed by atoms with Crippen LogP contribution < -0.4 is 10.1 Å². The molecule has 0 unspecified atom stereocenters. The van der Waals surface area contributed by atoms with Crippen molar-refractivity contribution in [2.75, 3.05) is 12.4 Å². The fourth-order valence-corrected chi connectivity index (χ4v) is 2.67. The predicted molar refractivity (Wildman–Crippen MR) is 86.3 cm³/mol. The SMILES string of the molecule is COc1cccc(NC(=O)c2nnsc2-c2ccccc2)c1. The van der Waals surface area contributed by atoms with Crippen LogP contribution in [0.25, 0.3) is 10.4 Å². The van der Waals surface area contributed by atoms with Crippen molar-refractivity contribution >= 4 is 23.1 Å². The molecule has 3 aromatic rings. The number of nitrogens with zero attached hydrogens (tertiary/aromatic N) is 2. The van der Waals surface area contributed by atoms with Crippen LogP contribution in [0.15, 0.2) is 54.6 Å². The van der Waals surface area contributed by atoms with Crippen LogP contribution in [0.2, 0.25) is 0 Å². The zero-order chi connectivity index (χ0) is 15.4. The molecule has 110 valence electrons. The van der Waals surface area contributed by atoms with E-state index < -0.39 is 0 Å². The Morgan fingerprint density at radius 3 is 2.73 bits per heavy atom. The van der Waals surface area contributed by atoms with E-state index in [0.717, 1.165) is 10.4 Å². The van der Waals surface area contributed by atoms with Gasteiger partial charge in [-0.25, -0.2) is 0 Å². The normalized spacial score (nSPS) is 10.2. The Morgan fingerprint density at radius 1 is 1.14 bits per heavy atom. The number of anilines is 1. The lowest BCUT2D eigenvalue weighted by molar-refractivity contribution is 0.102. The minimum atomic E-state index is -0.291. The molecule has 0 fully saturated rings. The first-order valence-electron chi connectivity index (χ1n) is 6.61. The summed E-state index contributed by atoms with van der Waals surface area (Å²) in [4.78, 5) is 13.2. The number of hydrogen-bond donors (Lipinski definition) is 1. The second-order valence-corrected chi connectivity index (χ2v) is 5.26. The van der Waals surface area contributed by atoms with Crippen LogP contribution in [0.4, 0.5) is 5.69 Å². The van der Waals surface area contributed by atoms with E-state index >= 15 is 0 Å². The minimum absolute atomic E-state index is 0.291. The maximum atomic E-state index is 12.4. The number of carbonyl (C=O) groups is 1. The molecule has 0 aliphatic rings. The summed E-state index contributed by atoms with van der Waals surface area (Å²) in [6, 6.07) is 16.8. The van der Waals surface area contributed by atoms with Crippen molar-refractivity contribution in [3.8, 4) is 16.2 Å². The van der Waals surface area contributed by atoms with Gasteiger partial charge in [-0.2, -0.15) is 0 Å². The first kappa shape index (κ1) is 14.2. The molecule has 0 saturated carbocycles. The van der Waals surface area contributed by atoms with E-state index in [4.69, 9.17) is 4.74 Å². The molecule has 0 atom stereocenters. The smallest absolute Gasteiger partial charge is 0.277 e. The van der Waals surface area contributed by atoms with Gasteiger partial charge >= 0.3 is 0 Å². The zero-order valence-electron chi connectivity index (χ0n) is 11.8.